The van der Waals surface area contributed by atoms with Crippen LogP contribution in [0.5, 0.6) is 0 Å². The Labute approximate surface area is 184 Å². The molecule has 1 heterocycles. The number of rotatable bonds is 4. The van der Waals surface area contributed by atoms with E-state index in [0.29, 0.717) is 21.6 Å². The first-order valence-corrected chi connectivity index (χ1v) is 10.0. The van der Waals surface area contributed by atoms with Crippen LogP contribution in [0.4, 0.5) is 5.69 Å². The molecule has 0 radical (unpaired) electrons. The summed E-state index contributed by atoms with van der Waals surface area (Å²) in [5.41, 5.74) is 4.30. The number of anilines is 1. The summed E-state index contributed by atoms with van der Waals surface area (Å²) in [7, 11) is 0. The van der Waals surface area contributed by atoms with Crippen molar-refractivity contribution in [2.24, 2.45) is 0 Å². The van der Waals surface area contributed by atoms with E-state index in [1.165, 1.54) is 0 Å². The highest BCUT2D eigenvalue weighted by molar-refractivity contribution is 6.36. The largest absolute Gasteiger partial charge is 0.318 e. The molecule has 0 saturated heterocycles. The Morgan fingerprint density at radius 3 is 2.37 bits per heavy atom. The van der Waals surface area contributed by atoms with Crippen LogP contribution in [-0.4, -0.2) is 20.7 Å². The van der Waals surface area contributed by atoms with Crippen LogP contribution in [-0.2, 0) is 0 Å². The van der Waals surface area contributed by atoms with Crippen LogP contribution < -0.4 is 5.32 Å². The van der Waals surface area contributed by atoms with E-state index >= 15 is 0 Å². The molecule has 0 spiro atoms. The highest BCUT2D eigenvalue weighted by atomic mass is 35.5. The lowest BCUT2D eigenvalue weighted by atomic mass is 10.1. The SMILES string of the molecule is Cc1cccc(-c2nc(C(=O)Nc3ccc(Cl)cc3Cl)nn2-c2cccc(C)c2)c1. The van der Waals surface area contributed by atoms with E-state index in [1.807, 2.05) is 62.4 Å². The van der Waals surface area contributed by atoms with Crippen LogP contribution >= 0.6 is 23.2 Å². The summed E-state index contributed by atoms with van der Waals surface area (Å²) in [6.45, 7) is 4.01. The minimum atomic E-state index is -0.459. The van der Waals surface area contributed by atoms with Crippen LogP contribution in [0.15, 0.2) is 66.7 Å². The first-order valence-electron chi connectivity index (χ1n) is 9.28. The number of aryl methyl sites for hydroxylation is 2. The third-order valence-corrected chi connectivity index (χ3v) is 5.06. The molecule has 1 N–H and O–H groups in total. The number of hydrogen-bond acceptors (Lipinski definition) is 3. The van der Waals surface area contributed by atoms with Crippen molar-refractivity contribution >= 4 is 34.8 Å². The van der Waals surface area contributed by atoms with Crippen LogP contribution in [0.3, 0.4) is 0 Å². The topological polar surface area (TPSA) is 59.8 Å². The Hall–Kier alpha value is -3.15. The number of carbonyl (C=O) groups is 1. The standard InChI is InChI=1S/C23H18Cl2N4O/c1-14-5-3-7-16(11-14)22-27-21(28-29(22)18-8-4-6-15(2)12-18)23(30)26-20-10-9-17(24)13-19(20)25/h3-13H,1-2H3,(H,26,30). The van der Waals surface area contributed by atoms with Gasteiger partial charge in [-0.3, -0.25) is 4.79 Å². The number of amides is 1. The van der Waals surface area contributed by atoms with Gasteiger partial charge in [0.1, 0.15) is 0 Å². The number of benzene rings is 3. The lowest BCUT2D eigenvalue weighted by molar-refractivity contribution is 0.101. The van der Waals surface area contributed by atoms with Gasteiger partial charge in [0.2, 0.25) is 5.82 Å². The molecule has 1 amide bonds. The highest BCUT2D eigenvalue weighted by Gasteiger charge is 2.20. The summed E-state index contributed by atoms with van der Waals surface area (Å²) >= 11 is 12.1. The van der Waals surface area contributed by atoms with Gasteiger partial charge in [-0.15, -0.1) is 5.10 Å². The van der Waals surface area contributed by atoms with Crippen molar-refractivity contribution in [2.75, 3.05) is 5.32 Å². The summed E-state index contributed by atoms with van der Waals surface area (Å²) in [6.07, 6.45) is 0. The average molecular weight is 437 g/mol. The van der Waals surface area contributed by atoms with Crippen molar-refractivity contribution in [3.8, 4) is 17.1 Å². The summed E-state index contributed by atoms with van der Waals surface area (Å²) in [6, 6.07) is 20.6. The Morgan fingerprint density at radius 1 is 0.933 bits per heavy atom. The summed E-state index contributed by atoms with van der Waals surface area (Å²) < 4.78 is 1.68. The predicted octanol–water partition coefficient (Wildman–Crippen LogP) is 6.11. The first-order chi connectivity index (χ1) is 14.4. The molecule has 150 valence electrons. The monoisotopic (exact) mass is 436 g/mol. The molecular weight excluding hydrogens is 419 g/mol. The van der Waals surface area contributed by atoms with E-state index in [0.717, 1.165) is 22.4 Å². The Morgan fingerprint density at radius 2 is 1.67 bits per heavy atom. The van der Waals surface area contributed by atoms with Gasteiger partial charge in [-0.1, -0.05) is 59.1 Å². The van der Waals surface area contributed by atoms with Crippen molar-refractivity contribution in [1.29, 1.82) is 0 Å². The molecule has 0 aliphatic carbocycles. The van der Waals surface area contributed by atoms with Crippen molar-refractivity contribution < 1.29 is 4.79 Å². The van der Waals surface area contributed by atoms with Gasteiger partial charge in [0.15, 0.2) is 5.82 Å². The quantitative estimate of drug-likeness (QED) is 0.419. The normalized spacial score (nSPS) is 10.8. The number of nitrogens with one attached hydrogen (secondary N) is 1. The zero-order valence-electron chi connectivity index (χ0n) is 16.4. The van der Waals surface area contributed by atoms with Crippen LogP contribution in [0, 0.1) is 13.8 Å². The average Bonchev–Trinajstić information content (AvgIpc) is 3.16. The maximum Gasteiger partial charge on any atom is 0.295 e. The lowest BCUT2D eigenvalue weighted by Gasteiger charge is -2.07. The molecule has 0 unspecified atom stereocenters. The van der Waals surface area contributed by atoms with Gasteiger partial charge in [0, 0.05) is 10.6 Å². The molecule has 5 nitrogen and oxygen atoms in total. The van der Waals surface area contributed by atoms with Crippen LogP contribution in [0.25, 0.3) is 17.1 Å². The highest BCUT2D eigenvalue weighted by Crippen LogP contribution is 2.27. The van der Waals surface area contributed by atoms with Gasteiger partial charge in [-0.25, -0.2) is 9.67 Å². The minimum absolute atomic E-state index is 0.0408. The lowest BCUT2D eigenvalue weighted by Crippen LogP contribution is -2.14. The van der Waals surface area contributed by atoms with E-state index in [1.54, 1.807) is 22.9 Å². The van der Waals surface area contributed by atoms with Crippen molar-refractivity contribution in [1.82, 2.24) is 14.8 Å². The number of carbonyl (C=O) groups excluding carboxylic acids is 1. The van der Waals surface area contributed by atoms with Gasteiger partial charge < -0.3 is 5.32 Å². The van der Waals surface area contributed by atoms with Gasteiger partial charge >= 0.3 is 0 Å². The number of nitrogens with zero attached hydrogens (tertiary/aromatic N) is 3. The zero-order valence-corrected chi connectivity index (χ0v) is 17.9. The van der Waals surface area contributed by atoms with E-state index in [9.17, 15) is 4.79 Å². The van der Waals surface area contributed by atoms with Crippen molar-refractivity contribution in [2.45, 2.75) is 13.8 Å². The van der Waals surface area contributed by atoms with Gasteiger partial charge in [0.05, 0.1) is 16.4 Å². The fourth-order valence-corrected chi connectivity index (χ4v) is 3.54. The van der Waals surface area contributed by atoms with Crippen LogP contribution in [0.2, 0.25) is 10.0 Å². The maximum atomic E-state index is 12.9. The molecule has 0 fully saturated rings. The molecule has 3 aromatic carbocycles. The number of aromatic nitrogens is 3. The van der Waals surface area contributed by atoms with E-state index in [-0.39, 0.29) is 5.82 Å². The van der Waals surface area contributed by atoms with Gasteiger partial charge in [0.25, 0.3) is 5.91 Å². The molecular formula is C23H18Cl2N4O. The van der Waals surface area contributed by atoms with Crippen LogP contribution in [0.1, 0.15) is 21.7 Å². The summed E-state index contributed by atoms with van der Waals surface area (Å²) in [4.78, 5) is 17.4. The number of halogens is 2. The maximum absolute atomic E-state index is 12.9. The third kappa shape index (κ3) is 4.22. The van der Waals surface area contributed by atoms with Gasteiger partial charge in [-0.05, 0) is 55.8 Å². The zero-order chi connectivity index (χ0) is 21.3. The second-order valence-corrected chi connectivity index (χ2v) is 7.80. The molecule has 4 rings (SSSR count). The molecule has 0 aliphatic rings. The molecule has 0 saturated carbocycles. The molecule has 7 heteroatoms. The summed E-state index contributed by atoms with van der Waals surface area (Å²) in [5, 5.41) is 8.08. The second-order valence-electron chi connectivity index (χ2n) is 6.96. The fraction of sp³-hybridized carbons (Fsp3) is 0.0870. The first kappa shape index (κ1) is 20.1. The molecule has 4 aromatic rings. The molecule has 0 bridgehead atoms. The minimum Gasteiger partial charge on any atom is -0.318 e. The van der Waals surface area contributed by atoms with E-state index in [4.69, 9.17) is 23.2 Å². The third-order valence-electron chi connectivity index (χ3n) is 4.51. The Balaban J connectivity index is 1.77. The molecule has 0 aliphatic heterocycles. The Bertz CT molecular complexity index is 1190. The predicted molar refractivity (Wildman–Crippen MR) is 121 cm³/mol. The fourth-order valence-electron chi connectivity index (χ4n) is 3.09. The second kappa shape index (κ2) is 8.30. The number of hydrogen-bond donors (Lipinski definition) is 1. The van der Waals surface area contributed by atoms with Crippen molar-refractivity contribution in [3.63, 3.8) is 0 Å². The van der Waals surface area contributed by atoms with E-state index < -0.39 is 5.91 Å². The van der Waals surface area contributed by atoms with E-state index in [2.05, 4.69) is 15.4 Å². The van der Waals surface area contributed by atoms with Crippen molar-refractivity contribution in [3.05, 3.63) is 93.7 Å². The summed E-state index contributed by atoms with van der Waals surface area (Å²) in [5.74, 6) is 0.162. The van der Waals surface area contributed by atoms with Gasteiger partial charge in [-0.2, -0.15) is 0 Å². The molecule has 0 atom stereocenters. The Kier molecular flexibility index (Phi) is 5.57. The molecule has 1 aromatic heterocycles. The smallest absolute Gasteiger partial charge is 0.295 e. The molecule has 30 heavy (non-hydrogen) atoms.